The first-order valence-corrected chi connectivity index (χ1v) is 5.31. The predicted octanol–water partition coefficient (Wildman–Crippen LogP) is 1.45. The van der Waals surface area contributed by atoms with Gasteiger partial charge in [-0.15, -0.1) is 0 Å². The third-order valence-electron chi connectivity index (χ3n) is 2.00. The molecule has 1 atom stereocenters. The molecule has 0 saturated heterocycles. The van der Waals surface area contributed by atoms with Crippen molar-refractivity contribution < 1.29 is 9.59 Å². The van der Waals surface area contributed by atoms with E-state index in [2.05, 4.69) is 10.6 Å². The number of carbonyl (C=O) groups is 2. The quantitative estimate of drug-likeness (QED) is 0.750. The van der Waals surface area contributed by atoms with E-state index >= 15 is 0 Å². The second kappa shape index (κ2) is 7.26. The Hall–Kier alpha value is -1.06. The first-order valence-electron chi connectivity index (χ1n) is 5.31. The number of hydrogen-bond acceptors (Lipinski definition) is 2. The molecule has 1 unspecified atom stereocenters. The van der Waals surface area contributed by atoms with E-state index in [1.807, 2.05) is 34.6 Å². The molecule has 0 saturated carbocycles. The minimum absolute atomic E-state index is 0.0890. The summed E-state index contributed by atoms with van der Waals surface area (Å²) in [5.74, 6) is -0.187. The maximum atomic E-state index is 10.8. The maximum Gasteiger partial charge on any atom is 0.217 e. The van der Waals surface area contributed by atoms with Gasteiger partial charge in [0.25, 0.3) is 0 Å². The third kappa shape index (κ3) is 7.97. The zero-order valence-corrected chi connectivity index (χ0v) is 10.9. The number of amides is 2. The molecule has 0 aromatic rings. The lowest BCUT2D eigenvalue weighted by Gasteiger charge is -2.32. The van der Waals surface area contributed by atoms with Crippen LogP contribution in [0.3, 0.4) is 0 Å². The molecule has 2 amide bonds. The Morgan fingerprint density at radius 1 is 1.07 bits per heavy atom. The Bertz CT molecular complexity index is 213. The van der Waals surface area contributed by atoms with Crippen LogP contribution >= 0.6 is 0 Å². The van der Waals surface area contributed by atoms with Crippen molar-refractivity contribution in [3.8, 4) is 0 Å². The monoisotopic (exact) mass is 216 g/mol. The summed E-state index contributed by atoms with van der Waals surface area (Å²) in [5.41, 5.74) is -0.419. The highest BCUT2D eigenvalue weighted by Crippen LogP contribution is 2.08. The van der Waals surface area contributed by atoms with Crippen LogP contribution in [-0.2, 0) is 9.59 Å². The van der Waals surface area contributed by atoms with E-state index in [4.69, 9.17) is 0 Å². The smallest absolute Gasteiger partial charge is 0.217 e. The van der Waals surface area contributed by atoms with Crippen LogP contribution in [0.25, 0.3) is 0 Å². The van der Waals surface area contributed by atoms with Gasteiger partial charge in [0.2, 0.25) is 11.8 Å². The Morgan fingerprint density at radius 3 is 1.73 bits per heavy atom. The van der Waals surface area contributed by atoms with Crippen LogP contribution in [0.15, 0.2) is 0 Å². The molecule has 0 heterocycles. The summed E-state index contributed by atoms with van der Waals surface area (Å²) in [7, 11) is 0. The number of nitrogens with one attached hydrogen (secondary N) is 2. The van der Waals surface area contributed by atoms with Crippen LogP contribution in [0, 0.1) is 0 Å². The molecule has 0 aromatic carbocycles. The van der Waals surface area contributed by atoms with Crippen LogP contribution < -0.4 is 10.6 Å². The minimum atomic E-state index is -0.419. The zero-order valence-electron chi connectivity index (χ0n) is 10.9. The summed E-state index contributed by atoms with van der Waals surface area (Å²) < 4.78 is 0. The van der Waals surface area contributed by atoms with Crippen LogP contribution in [0.4, 0.5) is 0 Å². The second-order valence-electron chi connectivity index (χ2n) is 3.83. The Morgan fingerprint density at radius 2 is 1.47 bits per heavy atom. The van der Waals surface area contributed by atoms with E-state index in [0.717, 1.165) is 0 Å². The molecule has 0 aromatic heterocycles. The van der Waals surface area contributed by atoms with Gasteiger partial charge in [0, 0.05) is 19.9 Å². The average molecular weight is 216 g/mol. The van der Waals surface area contributed by atoms with Gasteiger partial charge >= 0.3 is 0 Å². The highest BCUT2D eigenvalue weighted by Gasteiger charge is 2.26. The molecule has 0 rings (SSSR count). The van der Waals surface area contributed by atoms with Gasteiger partial charge < -0.3 is 10.6 Å². The van der Waals surface area contributed by atoms with Crippen molar-refractivity contribution in [2.75, 3.05) is 0 Å². The van der Waals surface area contributed by atoms with E-state index in [1.165, 1.54) is 13.8 Å². The molecule has 0 fully saturated rings. The summed E-state index contributed by atoms with van der Waals surface area (Å²) in [6.45, 7) is 12.5. The highest BCUT2D eigenvalue weighted by atomic mass is 16.2. The standard InChI is InChI=1S/C9H18N2O2.C2H6/c1-6(10-7(2)12)9(4,5)11-8(3)13;1-2/h6H,1-5H3,(H,10,12)(H,11,13);1-2H3. The van der Waals surface area contributed by atoms with Crippen molar-refractivity contribution in [3.63, 3.8) is 0 Å². The van der Waals surface area contributed by atoms with E-state index in [9.17, 15) is 9.59 Å². The van der Waals surface area contributed by atoms with E-state index < -0.39 is 5.54 Å². The van der Waals surface area contributed by atoms with Gasteiger partial charge in [-0.1, -0.05) is 13.8 Å². The fourth-order valence-electron chi connectivity index (χ4n) is 1.05. The molecule has 0 aliphatic heterocycles. The van der Waals surface area contributed by atoms with Gasteiger partial charge in [-0.3, -0.25) is 9.59 Å². The first kappa shape index (κ1) is 16.4. The van der Waals surface area contributed by atoms with Crippen molar-refractivity contribution in [3.05, 3.63) is 0 Å². The Labute approximate surface area is 92.8 Å². The molecule has 4 nitrogen and oxygen atoms in total. The predicted molar refractivity (Wildman–Crippen MR) is 62.5 cm³/mol. The normalized spacial score (nSPS) is 11.9. The molecule has 0 bridgehead atoms. The fraction of sp³-hybridized carbons (Fsp3) is 0.818. The van der Waals surface area contributed by atoms with Crippen molar-refractivity contribution in [2.45, 2.75) is 60.0 Å². The minimum Gasteiger partial charge on any atom is -0.352 e. The largest absolute Gasteiger partial charge is 0.352 e. The van der Waals surface area contributed by atoms with Crippen molar-refractivity contribution in [1.29, 1.82) is 0 Å². The average Bonchev–Trinajstić information content (AvgIpc) is 2.04. The Kier molecular flexibility index (Phi) is 7.92. The second-order valence-corrected chi connectivity index (χ2v) is 3.83. The van der Waals surface area contributed by atoms with Gasteiger partial charge in [0.1, 0.15) is 0 Å². The first-order chi connectivity index (χ1) is 6.75. The zero-order chi connectivity index (χ0) is 12.6. The molecule has 0 radical (unpaired) electrons. The molecule has 0 aliphatic carbocycles. The van der Waals surface area contributed by atoms with Crippen molar-refractivity contribution in [2.24, 2.45) is 0 Å². The molecule has 4 heteroatoms. The van der Waals surface area contributed by atoms with Gasteiger partial charge in [-0.05, 0) is 20.8 Å². The molecule has 90 valence electrons. The van der Waals surface area contributed by atoms with Gasteiger partial charge in [-0.25, -0.2) is 0 Å². The summed E-state index contributed by atoms with van der Waals surface area (Å²) in [4.78, 5) is 21.6. The van der Waals surface area contributed by atoms with Gasteiger partial charge in [0.15, 0.2) is 0 Å². The summed E-state index contributed by atoms with van der Waals surface area (Å²) in [5, 5.41) is 5.51. The molecule has 0 spiro atoms. The molecule has 0 aliphatic rings. The SMILES string of the molecule is CC.CC(=O)NC(C)C(C)(C)NC(C)=O. The van der Waals surface area contributed by atoms with E-state index in [0.29, 0.717) is 0 Å². The van der Waals surface area contributed by atoms with Crippen LogP contribution in [0.1, 0.15) is 48.5 Å². The topological polar surface area (TPSA) is 58.2 Å². The van der Waals surface area contributed by atoms with Crippen LogP contribution in [0.2, 0.25) is 0 Å². The Balaban J connectivity index is 0. The lowest BCUT2D eigenvalue weighted by Crippen LogP contribution is -2.56. The van der Waals surface area contributed by atoms with E-state index in [1.54, 1.807) is 0 Å². The van der Waals surface area contributed by atoms with Crippen molar-refractivity contribution in [1.82, 2.24) is 10.6 Å². The van der Waals surface area contributed by atoms with Gasteiger partial charge in [0.05, 0.1) is 5.54 Å². The summed E-state index contributed by atoms with van der Waals surface area (Å²) >= 11 is 0. The number of carbonyl (C=O) groups excluding carboxylic acids is 2. The fourth-order valence-corrected chi connectivity index (χ4v) is 1.05. The van der Waals surface area contributed by atoms with Crippen LogP contribution in [0.5, 0.6) is 0 Å². The van der Waals surface area contributed by atoms with E-state index in [-0.39, 0.29) is 17.9 Å². The number of rotatable bonds is 3. The maximum absolute atomic E-state index is 10.8. The third-order valence-corrected chi connectivity index (χ3v) is 2.00. The number of hydrogen-bond donors (Lipinski definition) is 2. The van der Waals surface area contributed by atoms with Crippen molar-refractivity contribution >= 4 is 11.8 Å². The summed E-state index contributed by atoms with van der Waals surface area (Å²) in [6, 6.07) is -0.0890. The van der Waals surface area contributed by atoms with Gasteiger partial charge in [-0.2, -0.15) is 0 Å². The molecular formula is C11H24N2O2. The molecule has 15 heavy (non-hydrogen) atoms. The highest BCUT2D eigenvalue weighted by molar-refractivity contribution is 5.75. The molecular weight excluding hydrogens is 192 g/mol. The molecule has 2 N–H and O–H groups in total. The van der Waals surface area contributed by atoms with Crippen LogP contribution in [-0.4, -0.2) is 23.4 Å². The lowest BCUT2D eigenvalue weighted by molar-refractivity contribution is -0.123. The lowest BCUT2D eigenvalue weighted by atomic mass is 9.96. The summed E-state index contributed by atoms with van der Waals surface area (Å²) in [6.07, 6.45) is 0.